The highest BCUT2D eigenvalue weighted by Gasteiger charge is 2.22. The number of aliphatic imine (C=N–C) groups is 1. The monoisotopic (exact) mass is 534 g/mol. The summed E-state index contributed by atoms with van der Waals surface area (Å²) in [6.45, 7) is 7.07. The van der Waals surface area contributed by atoms with E-state index in [0.717, 1.165) is 60.8 Å². The second-order valence-corrected chi connectivity index (χ2v) is 7.78. The molecule has 2 aromatic heterocycles. The summed E-state index contributed by atoms with van der Waals surface area (Å²) in [5.74, 6) is 3.41. The van der Waals surface area contributed by atoms with Crippen LogP contribution in [0.25, 0.3) is 5.65 Å². The van der Waals surface area contributed by atoms with Gasteiger partial charge in [-0.15, -0.1) is 34.2 Å². The molecule has 3 aromatic rings. The lowest BCUT2D eigenvalue weighted by Gasteiger charge is -2.13. The molecule has 1 aliphatic carbocycles. The zero-order valence-electron chi connectivity index (χ0n) is 18.2. The van der Waals surface area contributed by atoms with Crippen molar-refractivity contribution in [2.24, 2.45) is 10.9 Å². The Bertz CT molecular complexity index is 1010. The third-order valence-electron chi connectivity index (χ3n) is 5.17. The zero-order valence-corrected chi connectivity index (χ0v) is 20.5. The van der Waals surface area contributed by atoms with Gasteiger partial charge in [0.2, 0.25) is 0 Å². The minimum absolute atomic E-state index is 0. The number of guanidine groups is 1. The van der Waals surface area contributed by atoms with E-state index in [-0.39, 0.29) is 24.0 Å². The molecule has 0 atom stereocenters. The molecule has 1 saturated carbocycles. The van der Waals surface area contributed by atoms with Crippen molar-refractivity contribution in [3.8, 4) is 5.75 Å². The molecule has 1 aliphatic rings. The molecule has 2 N–H and O–H groups in total. The predicted octanol–water partition coefficient (Wildman–Crippen LogP) is 3.74. The molecule has 7 nitrogen and oxygen atoms in total. The molecule has 1 aromatic carbocycles. The van der Waals surface area contributed by atoms with Gasteiger partial charge in [-0.3, -0.25) is 4.40 Å². The summed E-state index contributed by atoms with van der Waals surface area (Å²) in [6, 6.07) is 12.3. The van der Waals surface area contributed by atoms with E-state index in [1.165, 1.54) is 18.4 Å². The van der Waals surface area contributed by atoms with Crippen molar-refractivity contribution >= 4 is 35.6 Å². The van der Waals surface area contributed by atoms with E-state index in [4.69, 9.17) is 9.73 Å². The maximum absolute atomic E-state index is 6.08. The van der Waals surface area contributed by atoms with Gasteiger partial charge < -0.3 is 15.4 Å². The number of aromatic nitrogens is 3. The molecule has 166 valence electrons. The normalized spacial score (nSPS) is 13.7. The van der Waals surface area contributed by atoms with Gasteiger partial charge in [0.1, 0.15) is 11.6 Å². The second kappa shape index (κ2) is 11.3. The van der Waals surface area contributed by atoms with Crippen LogP contribution in [0.3, 0.4) is 0 Å². The van der Waals surface area contributed by atoms with E-state index in [1.807, 2.05) is 28.8 Å². The maximum atomic E-state index is 6.08. The number of nitrogens with zero attached hydrogens (tertiary/aromatic N) is 4. The molecule has 0 amide bonds. The average molecular weight is 534 g/mol. The summed E-state index contributed by atoms with van der Waals surface area (Å²) >= 11 is 0. The van der Waals surface area contributed by atoms with E-state index < -0.39 is 0 Å². The second-order valence-electron chi connectivity index (χ2n) is 7.78. The third-order valence-corrected chi connectivity index (χ3v) is 5.17. The number of aryl methyl sites for hydroxylation is 1. The van der Waals surface area contributed by atoms with Gasteiger partial charge in [0.25, 0.3) is 0 Å². The summed E-state index contributed by atoms with van der Waals surface area (Å²) < 4.78 is 8.09. The van der Waals surface area contributed by atoms with Crippen LogP contribution in [0.1, 0.15) is 36.7 Å². The Morgan fingerprint density at radius 3 is 2.87 bits per heavy atom. The zero-order chi connectivity index (χ0) is 20.8. The minimum atomic E-state index is 0. The first kappa shape index (κ1) is 23.3. The molecule has 0 bridgehead atoms. The average Bonchev–Trinajstić information content (AvgIpc) is 3.50. The van der Waals surface area contributed by atoms with Crippen LogP contribution in [0.5, 0.6) is 5.75 Å². The van der Waals surface area contributed by atoms with Gasteiger partial charge in [-0.25, -0.2) is 4.99 Å². The Morgan fingerprint density at radius 2 is 2.06 bits per heavy atom. The number of hydrogen-bond acceptors (Lipinski definition) is 4. The lowest BCUT2D eigenvalue weighted by Crippen LogP contribution is -2.38. The van der Waals surface area contributed by atoms with Gasteiger partial charge in [0, 0.05) is 31.3 Å². The lowest BCUT2D eigenvalue weighted by molar-refractivity contribution is 0.296. The van der Waals surface area contributed by atoms with Crippen molar-refractivity contribution < 1.29 is 4.74 Å². The van der Waals surface area contributed by atoms with Gasteiger partial charge in [0.15, 0.2) is 11.6 Å². The third kappa shape index (κ3) is 6.56. The Balaban J connectivity index is 0.00000272. The largest absolute Gasteiger partial charge is 0.493 e. The van der Waals surface area contributed by atoms with Gasteiger partial charge >= 0.3 is 0 Å². The van der Waals surface area contributed by atoms with E-state index >= 15 is 0 Å². The Kier molecular flexibility index (Phi) is 8.51. The molecule has 0 aliphatic heterocycles. The molecule has 0 unspecified atom stereocenters. The van der Waals surface area contributed by atoms with Crippen molar-refractivity contribution in [2.75, 3.05) is 19.7 Å². The summed E-state index contributed by atoms with van der Waals surface area (Å²) in [5.41, 5.74) is 3.19. The summed E-state index contributed by atoms with van der Waals surface area (Å²) in [5, 5.41) is 15.2. The van der Waals surface area contributed by atoms with Crippen LogP contribution in [-0.2, 0) is 13.0 Å². The van der Waals surface area contributed by atoms with Gasteiger partial charge in [-0.1, -0.05) is 18.2 Å². The van der Waals surface area contributed by atoms with Crippen LogP contribution in [0.2, 0.25) is 0 Å². The first-order chi connectivity index (χ1) is 14.7. The first-order valence-corrected chi connectivity index (χ1v) is 10.8. The SMILES string of the molecule is CCNC(=NCc1ccc(C)cc1OCC1CC1)NCCc1nnc2ccccn12.I. The van der Waals surface area contributed by atoms with Gasteiger partial charge in [-0.05, 0) is 56.4 Å². The molecule has 2 heterocycles. The number of rotatable bonds is 9. The number of halogens is 1. The van der Waals surface area contributed by atoms with E-state index in [2.05, 4.69) is 52.9 Å². The molecule has 0 spiro atoms. The van der Waals surface area contributed by atoms with E-state index in [1.54, 1.807) is 0 Å². The maximum Gasteiger partial charge on any atom is 0.191 e. The van der Waals surface area contributed by atoms with Gasteiger partial charge in [0.05, 0.1) is 13.2 Å². The smallest absolute Gasteiger partial charge is 0.191 e. The minimum Gasteiger partial charge on any atom is -0.493 e. The van der Waals surface area contributed by atoms with Gasteiger partial charge in [-0.2, -0.15) is 0 Å². The van der Waals surface area contributed by atoms with Crippen molar-refractivity contribution in [2.45, 2.75) is 39.7 Å². The van der Waals surface area contributed by atoms with Crippen LogP contribution in [0.15, 0.2) is 47.6 Å². The Morgan fingerprint density at radius 1 is 1.19 bits per heavy atom. The first-order valence-electron chi connectivity index (χ1n) is 10.8. The number of hydrogen-bond donors (Lipinski definition) is 2. The van der Waals surface area contributed by atoms with Crippen molar-refractivity contribution in [3.63, 3.8) is 0 Å². The highest BCUT2D eigenvalue weighted by atomic mass is 127. The van der Waals surface area contributed by atoms with Crippen LogP contribution >= 0.6 is 24.0 Å². The molecular formula is C23H31IN6O. The number of benzene rings is 1. The standard InChI is InChI=1S/C23H30N6O.HI/c1-3-24-23(25-12-11-22-28-27-21-6-4-5-13-29(21)22)26-15-19-10-7-17(2)14-20(19)30-16-18-8-9-18;/h4-7,10,13-14,18H,3,8-9,11-12,15-16H2,1-2H3,(H2,24,25,26);1H. The summed E-state index contributed by atoms with van der Waals surface area (Å²) in [7, 11) is 0. The van der Waals surface area contributed by atoms with Crippen LogP contribution in [0, 0.1) is 12.8 Å². The molecule has 31 heavy (non-hydrogen) atoms. The molecular weight excluding hydrogens is 503 g/mol. The summed E-state index contributed by atoms with van der Waals surface area (Å²) in [6.07, 6.45) is 5.32. The van der Waals surface area contributed by atoms with E-state index in [0.29, 0.717) is 6.54 Å². The lowest BCUT2D eigenvalue weighted by atomic mass is 10.1. The number of fused-ring (bicyclic) bond motifs is 1. The predicted molar refractivity (Wildman–Crippen MR) is 134 cm³/mol. The number of ether oxygens (including phenoxy) is 1. The fourth-order valence-electron chi connectivity index (χ4n) is 3.28. The fraction of sp³-hybridized carbons (Fsp3) is 0.435. The molecule has 0 radical (unpaired) electrons. The van der Waals surface area contributed by atoms with Crippen LogP contribution < -0.4 is 15.4 Å². The molecule has 1 fully saturated rings. The molecule has 0 saturated heterocycles. The Hall–Kier alpha value is -2.36. The highest BCUT2D eigenvalue weighted by Crippen LogP contribution is 2.30. The quantitative estimate of drug-likeness (QED) is 0.249. The van der Waals surface area contributed by atoms with Crippen LogP contribution in [-0.4, -0.2) is 40.3 Å². The highest BCUT2D eigenvalue weighted by molar-refractivity contribution is 14.0. The fourth-order valence-corrected chi connectivity index (χ4v) is 3.28. The topological polar surface area (TPSA) is 75.8 Å². The number of pyridine rings is 1. The molecule has 8 heteroatoms. The van der Waals surface area contributed by atoms with Crippen molar-refractivity contribution in [3.05, 3.63) is 59.5 Å². The van der Waals surface area contributed by atoms with Crippen molar-refractivity contribution in [1.29, 1.82) is 0 Å². The molecule has 4 rings (SSSR count). The van der Waals surface area contributed by atoms with Crippen LogP contribution in [0.4, 0.5) is 0 Å². The number of nitrogens with one attached hydrogen (secondary N) is 2. The van der Waals surface area contributed by atoms with E-state index in [9.17, 15) is 0 Å². The Labute approximate surface area is 200 Å². The summed E-state index contributed by atoms with van der Waals surface area (Å²) in [4.78, 5) is 4.77. The van der Waals surface area contributed by atoms with Crippen molar-refractivity contribution in [1.82, 2.24) is 25.2 Å².